The molecule has 2 heterocycles. The summed E-state index contributed by atoms with van der Waals surface area (Å²) in [4.78, 5) is 4.21. The first kappa shape index (κ1) is 15.1. The first-order chi connectivity index (χ1) is 9.36. The fourth-order valence-electron chi connectivity index (χ4n) is 1.87. The Morgan fingerprint density at radius 1 is 1.20 bits per heavy atom. The van der Waals surface area contributed by atoms with Crippen molar-refractivity contribution in [3.05, 3.63) is 24.0 Å². The number of nitrogens with two attached hydrogens (primary N) is 1. The molecule has 0 atom stereocenters. The molecule has 1 aromatic heterocycles. The van der Waals surface area contributed by atoms with Crippen molar-refractivity contribution in [1.82, 2.24) is 4.98 Å². The minimum atomic E-state index is -0.399. The van der Waals surface area contributed by atoms with Gasteiger partial charge in [-0.2, -0.15) is 0 Å². The van der Waals surface area contributed by atoms with E-state index in [9.17, 15) is 0 Å². The maximum atomic E-state index is 6.00. The van der Waals surface area contributed by atoms with Gasteiger partial charge in [-0.05, 0) is 33.8 Å². The molecule has 1 aromatic rings. The molecule has 0 spiro atoms. The van der Waals surface area contributed by atoms with E-state index in [1.54, 1.807) is 12.4 Å². The molecule has 5 heteroatoms. The van der Waals surface area contributed by atoms with Crippen molar-refractivity contribution in [1.29, 1.82) is 0 Å². The number of aromatic nitrogens is 1. The molecule has 0 aromatic carbocycles. The molecule has 0 bridgehead atoms. The van der Waals surface area contributed by atoms with Crippen LogP contribution >= 0.6 is 0 Å². The Kier molecular flexibility index (Phi) is 4.19. The molecule has 2 N–H and O–H groups in total. The van der Waals surface area contributed by atoms with E-state index in [1.807, 2.05) is 33.8 Å². The van der Waals surface area contributed by atoms with Crippen LogP contribution in [0, 0.1) is 11.8 Å². The predicted octanol–water partition coefficient (Wildman–Crippen LogP) is 1.08. The topological polar surface area (TPSA) is 57.4 Å². The Balaban J connectivity index is 2.19. The van der Waals surface area contributed by atoms with Crippen LogP contribution in [-0.4, -0.2) is 29.8 Å². The van der Waals surface area contributed by atoms with Crippen molar-refractivity contribution < 1.29 is 9.31 Å². The summed E-state index contributed by atoms with van der Waals surface area (Å²) in [5.41, 5.74) is 6.47. The first-order valence-corrected chi connectivity index (χ1v) is 6.85. The fourth-order valence-corrected chi connectivity index (χ4v) is 1.87. The molecule has 2 rings (SSSR count). The van der Waals surface area contributed by atoms with Gasteiger partial charge in [-0.25, -0.2) is 0 Å². The lowest BCUT2D eigenvalue weighted by Gasteiger charge is -2.32. The Hall–Kier alpha value is -1.35. The summed E-state index contributed by atoms with van der Waals surface area (Å²) in [5.74, 6) is 6.05. The van der Waals surface area contributed by atoms with E-state index in [2.05, 4.69) is 16.8 Å². The minimum Gasteiger partial charge on any atom is -0.399 e. The zero-order chi connectivity index (χ0) is 14.8. The third-order valence-electron chi connectivity index (χ3n) is 3.79. The average Bonchev–Trinajstić information content (AvgIpc) is 2.59. The van der Waals surface area contributed by atoms with Crippen LogP contribution in [0.2, 0.25) is 0 Å². The molecule has 106 valence electrons. The monoisotopic (exact) mass is 272 g/mol. The standard InChI is InChI=1S/C15H21BN2O2/c1-14(2)15(3,4)20-16(19-14)13-9-12(10-18-11-13)7-5-6-8-17/h9-11H,6,8,17H2,1-4H3. The molecule has 0 radical (unpaired) electrons. The summed E-state index contributed by atoms with van der Waals surface area (Å²) < 4.78 is 12.0. The second kappa shape index (κ2) is 5.57. The Morgan fingerprint density at radius 3 is 2.45 bits per heavy atom. The first-order valence-electron chi connectivity index (χ1n) is 6.85. The van der Waals surface area contributed by atoms with E-state index >= 15 is 0 Å². The number of pyridine rings is 1. The van der Waals surface area contributed by atoms with Gasteiger partial charge in [-0.3, -0.25) is 4.98 Å². The second-order valence-corrected chi connectivity index (χ2v) is 5.94. The van der Waals surface area contributed by atoms with Gasteiger partial charge in [0, 0.05) is 36.4 Å². The molecule has 0 amide bonds. The fraction of sp³-hybridized carbons (Fsp3) is 0.533. The largest absolute Gasteiger partial charge is 0.496 e. The summed E-state index contributed by atoms with van der Waals surface area (Å²) in [6, 6.07) is 1.96. The molecule has 1 aliphatic rings. The number of hydrogen-bond acceptors (Lipinski definition) is 4. The Bertz CT molecular complexity index is 530. The van der Waals surface area contributed by atoms with Gasteiger partial charge in [-0.15, -0.1) is 0 Å². The van der Waals surface area contributed by atoms with Gasteiger partial charge in [-0.1, -0.05) is 11.8 Å². The van der Waals surface area contributed by atoms with Crippen molar-refractivity contribution in [3.8, 4) is 11.8 Å². The smallest absolute Gasteiger partial charge is 0.399 e. The molecular formula is C15H21BN2O2. The van der Waals surface area contributed by atoms with Gasteiger partial charge in [0.05, 0.1) is 11.2 Å². The minimum absolute atomic E-state index is 0.348. The molecule has 0 saturated carbocycles. The number of nitrogens with zero attached hydrogens (tertiary/aromatic N) is 1. The highest BCUT2D eigenvalue weighted by atomic mass is 16.7. The lowest BCUT2D eigenvalue weighted by molar-refractivity contribution is 0.00578. The van der Waals surface area contributed by atoms with Crippen LogP contribution in [0.25, 0.3) is 0 Å². The normalized spacial score (nSPS) is 19.6. The molecule has 0 aliphatic carbocycles. The van der Waals surface area contributed by atoms with Gasteiger partial charge in [0.2, 0.25) is 0 Å². The quantitative estimate of drug-likeness (QED) is 0.646. The number of rotatable bonds is 2. The second-order valence-electron chi connectivity index (χ2n) is 5.94. The van der Waals surface area contributed by atoms with Gasteiger partial charge < -0.3 is 15.0 Å². The summed E-state index contributed by atoms with van der Waals surface area (Å²) >= 11 is 0. The van der Waals surface area contributed by atoms with Crippen LogP contribution in [0.15, 0.2) is 18.5 Å². The van der Waals surface area contributed by atoms with E-state index in [0.717, 1.165) is 11.0 Å². The van der Waals surface area contributed by atoms with Gasteiger partial charge in [0.25, 0.3) is 0 Å². The summed E-state index contributed by atoms with van der Waals surface area (Å²) in [5, 5.41) is 0. The van der Waals surface area contributed by atoms with Crippen LogP contribution in [0.3, 0.4) is 0 Å². The highest BCUT2D eigenvalue weighted by molar-refractivity contribution is 6.62. The highest BCUT2D eigenvalue weighted by Gasteiger charge is 2.51. The summed E-state index contributed by atoms with van der Waals surface area (Å²) in [7, 11) is -0.399. The molecule has 1 aliphatic heterocycles. The zero-order valence-electron chi connectivity index (χ0n) is 12.6. The van der Waals surface area contributed by atoms with E-state index < -0.39 is 7.12 Å². The molecule has 4 nitrogen and oxygen atoms in total. The van der Waals surface area contributed by atoms with Crippen LogP contribution in [0.5, 0.6) is 0 Å². The lowest BCUT2D eigenvalue weighted by Crippen LogP contribution is -2.41. The van der Waals surface area contributed by atoms with E-state index in [1.165, 1.54) is 0 Å². The molecule has 0 unspecified atom stereocenters. The van der Waals surface area contributed by atoms with Gasteiger partial charge >= 0.3 is 7.12 Å². The van der Waals surface area contributed by atoms with Crippen molar-refractivity contribution in [2.75, 3.05) is 6.54 Å². The predicted molar refractivity (Wildman–Crippen MR) is 80.5 cm³/mol. The van der Waals surface area contributed by atoms with Crippen LogP contribution in [0.4, 0.5) is 0 Å². The zero-order valence-corrected chi connectivity index (χ0v) is 12.6. The maximum Gasteiger partial charge on any atom is 0.496 e. The van der Waals surface area contributed by atoms with Crippen LogP contribution in [0.1, 0.15) is 39.7 Å². The van der Waals surface area contributed by atoms with Crippen molar-refractivity contribution in [3.63, 3.8) is 0 Å². The van der Waals surface area contributed by atoms with Gasteiger partial charge in [0.1, 0.15) is 0 Å². The van der Waals surface area contributed by atoms with Crippen molar-refractivity contribution in [2.24, 2.45) is 5.73 Å². The van der Waals surface area contributed by atoms with Crippen LogP contribution < -0.4 is 11.2 Å². The van der Waals surface area contributed by atoms with Crippen molar-refractivity contribution >= 4 is 12.6 Å². The van der Waals surface area contributed by atoms with Gasteiger partial charge in [0.15, 0.2) is 0 Å². The lowest BCUT2D eigenvalue weighted by atomic mass is 9.80. The van der Waals surface area contributed by atoms with E-state index in [0.29, 0.717) is 13.0 Å². The average molecular weight is 272 g/mol. The molecule has 1 fully saturated rings. The third-order valence-corrected chi connectivity index (χ3v) is 3.79. The summed E-state index contributed by atoms with van der Waals surface area (Å²) in [6.45, 7) is 8.70. The van der Waals surface area contributed by atoms with E-state index in [4.69, 9.17) is 15.0 Å². The Labute approximate surface area is 121 Å². The molecule has 20 heavy (non-hydrogen) atoms. The summed E-state index contributed by atoms with van der Waals surface area (Å²) in [6.07, 6.45) is 4.18. The van der Waals surface area contributed by atoms with Crippen LogP contribution in [-0.2, 0) is 9.31 Å². The van der Waals surface area contributed by atoms with Crippen molar-refractivity contribution in [2.45, 2.75) is 45.3 Å². The molecular weight excluding hydrogens is 251 g/mol. The highest BCUT2D eigenvalue weighted by Crippen LogP contribution is 2.36. The SMILES string of the molecule is CC1(C)OB(c2cncc(C#CCCN)c2)OC1(C)C. The maximum absolute atomic E-state index is 6.00. The Morgan fingerprint density at radius 2 is 1.85 bits per heavy atom. The van der Waals surface area contributed by atoms with E-state index in [-0.39, 0.29) is 11.2 Å². The number of hydrogen-bond donors (Lipinski definition) is 1. The third kappa shape index (κ3) is 3.04. The molecule has 1 saturated heterocycles.